The summed E-state index contributed by atoms with van der Waals surface area (Å²) < 4.78 is 17.7. The summed E-state index contributed by atoms with van der Waals surface area (Å²) in [5, 5.41) is 0.558. The number of benzene rings is 1. The number of hydrogen-bond acceptors (Lipinski definition) is 2. The van der Waals surface area contributed by atoms with Crippen LogP contribution in [-0.4, -0.2) is 15.7 Å². The zero-order valence-electron chi connectivity index (χ0n) is 8.79. The van der Waals surface area contributed by atoms with Gasteiger partial charge in [0, 0.05) is 16.0 Å². The van der Waals surface area contributed by atoms with Gasteiger partial charge in [-0.3, -0.25) is 0 Å². The molecule has 1 saturated heterocycles. The summed E-state index contributed by atoms with van der Waals surface area (Å²) in [5.74, 6) is 1.42. The average Bonchev–Trinajstić information content (AvgIpc) is 2.23. The van der Waals surface area contributed by atoms with Crippen LogP contribution in [0.5, 0.6) is 0 Å². The predicted octanol–water partition coefficient (Wildman–Crippen LogP) is 4.39. The molecular formula is C11H13BrClNOS. The average molecular weight is 323 g/mol. The van der Waals surface area contributed by atoms with Crippen LogP contribution >= 0.6 is 27.5 Å². The summed E-state index contributed by atoms with van der Waals surface area (Å²) >= 11 is 9.40. The quantitative estimate of drug-likeness (QED) is 0.754. The Labute approximate surface area is 110 Å². The summed E-state index contributed by atoms with van der Waals surface area (Å²) in [5.41, 5.74) is 0.650. The van der Waals surface area contributed by atoms with Crippen LogP contribution in [0.4, 0.5) is 5.69 Å². The van der Waals surface area contributed by atoms with Gasteiger partial charge in [-0.25, -0.2) is 4.21 Å². The molecular weight excluding hydrogens is 310 g/mol. The first-order valence-electron chi connectivity index (χ1n) is 5.27. The van der Waals surface area contributed by atoms with E-state index in [1.54, 1.807) is 6.07 Å². The molecule has 88 valence electrons. The van der Waals surface area contributed by atoms with E-state index in [0.29, 0.717) is 22.2 Å². The number of rotatable bonds is 1. The molecule has 1 aromatic rings. The third-order valence-electron chi connectivity index (χ3n) is 2.60. The van der Waals surface area contributed by atoms with Crippen molar-refractivity contribution in [2.45, 2.75) is 19.3 Å². The van der Waals surface area contributed by atoms with Crippen molar-refractivity contribution in [3.8, 4) is 0 Å². The van der Waals surface area contributed by atoms with Gasteiger partial charge in [0.1, 0.15) is 0 Å². The van der Waals surface area contributed by atoms with Gasteiger partial charge in [-0.05, 0) is 31.0 Å². The molecule has 1 fully saturated rings. The van der Waals surface area contributed by atoms with Crippen LogP contribution < -0.4 is 0 Å². The summed E-state index contributed by atoms with van der Waals surface area (Å²) in [6.07, 6.45) is 3.19. The molecule has 16 heavy (non-hydrogen) atoms. The highest BCUT2D eigenvalue weighted by Crippen LogP contribution is 2.30. The standard InChI is InChI=1S/C11H13BrClNOS/c12-9-4-5-11(10(13)8-9)14-16(15)6-2-1-3-7-16/h4-5,8H,1-3,6-7H2. The van der Waals surface area contributed by atoms with Crippen molar-refractivity contribution >= 4 is 42.9 Å². The molecule has 0 amide bonds. The SMILES string of the molecule is O=S1(=Nc2ccc(Br)cc2Cl)CCCCC1. The van der Waals surface area contributed by atoms with E-state index < -0.39 is 9.73 Å². The molecule has 0 radical (unpaired) electrons. The first kappa shape index (κ1) is 12.4. The molecule has 1 aliphatic heterocycles. The van der Waals surface area contributed by atoms with Gasteiger partial charge in [0.2, 0.25) is 0 Å². The second-order valence-electron chi connectivity index (χ2n) is 3.93. The summed E-state index contributed by atoms with van der Waals surface area (Å²) in [6, 6.07) is 5.47. The van der Waals surface area contributed by atoms with Crippen LogP contribution in [0.1, 0.15) is 19.3 Å². The molecule has 0 aliphatic carbocycles. The Hall–Kier alpha value is -0.0600. The fourth-order valence-corrected chi connectivity index (χ4v) is 4.74. The van der Waals surface area contributed by atoms with Crippen LogP contribution in [0.15, 0.2) is 27.0 Å². The Morgan fingerprint density at radius 2 is 1.94 bits per heavy atom. The van der Waals surface area contributed by atoms with E-state index in [9.17, 15) is 4.21 Å². The molecule has 2 nitrogen and oxygen atoms in total. The molecule has 0 unspecified atom stereocenters. The van der Waals surface area contributed by atoms with E-state index in [1.807, 2.05) is 12.1 Å². The number of nitrogens with zero attached hydrogens (tertiary/aromatic N) is 1. The van der Waals surface area contributed by atoms with E-state index in [4.69, 9.17) is 11.6 Å². The van der Waals surface area contributed by atoms with Crippen molar-refractivity contribution in [1.29, 1.82) is 0 Å². The fraction of sp³-hybridized carbons (Fsp3) is 0.455. The Morgan fingerprint density at radius 1 is 1.25 bits per heavy atom. The monoisotopic (exact) mass is 321 g/mol. The minimum Gasteiger partial charge on any atom is -0.249 e. The zero-order valence-corrected chi connectivity index (χ0v) is 11.9. The van der Waals surface area contributed by atoms with Gasteiger partial charge in [-0.15, -0.1) is 0 Å². The molecule has 0 spiro atoms. The summed E-state index contributed by atoms with van der Waals surface area (Å²) in [6.45, 7) is 0. The minimum absolute atomic E-state index is 0.558. The van der Waals surface area contributed by atoms with E-state index in [0.717, 1.165) is 17.3 Å². The molecule has 1 aliphatic rings. The highest BCUT2D eigenvalue weighted by Gasteiger charge is 2.15. The van der Waals surface area contributed by atoms with E-state index in [2.05, 4.69) is 20.3 Å². The molecule has 2 rings (SSSR count). The van der Waals surface area contributed by atoms with Gasteiger partial charge in [0.15, 0.2) is 0 Å². The van der Waals surface area contributed by atoms with Gasteiger partial charge in [-0.2, -0.15) is 4.36 Å². The lowest BCUT2D eigenvalue weighted by Gasteiger charge is -2.15. The normalized spacial score (nSPS) is 19.4. The fourth-order valence-electron chi connectivity index (χ4n) is 1.76. The van der Waals surface area contributed by atoms with Crippen molar-refractivity contribution < 1.29 is 4.21 Å². The number of hydrogen-bond donors (Lipinski definition) is 0. The van der Waals surface area contributed by atoms with E-state index in [1.165, 1.54) is 6.42 Å². The third-order valence-corrected chi connectivity index (χ3v) is 5.78. The summed E-state index contributed by atoms with van der Waals surface area (Å²) in [4.78, 5) is 0. The third kappa shape index (κ3) is 2.99. The predicted molar refractivity (Wildman–Crippen MR) is 73.0 cm³/mol. The van der Waals surface area contributed by atoms with E-state index >= 15 is 0 Å². The molecule has 0 N–H and O–H groups in total. The van der Waals surface area contributed by atoms with Crippen LogP contribution in [0, 0.1) is 0 Å². The second kappa shape index (κ2) is 5.07. The first-order chi connectivity index (χ1) is 7.59. The van der Waals surface area contributed by atoms with E-state index in [-0.39, 0.29) is 0 Å². The van der Waals surface area contributed by atoms with Crippen LogP contribution in [0.25, 0.3) is 0 Å². The Kier molecular flexibility index (Phi) is 3.93. The highest BCUT2D eigenvalue weighted by molar-refractivity contribution is 9.10. The molecule has 0 aromatic heterocycles. The number of halogens is 2. The lowest BCUT2D eigenvalue weighted by atomic mass is 10.3. The van der Waals surface area contributed by atoms with Gasteiger partial charge >= 0.3 is 0 Å². The Bertz CT molecular complexity index is 497. The lowest BCUT2D eigenvalue weighted by molar-refractivity contribution is 0.650. The van der Waals surface area contributed by atoms with Crippen LogP contribution in [-0.2, 0) is 9.73 Å². The topological polar surface area (TPSA) is 29.4 Å². The molecule has 1 aromatic carbocycles. The molecule has 1 heterocycles. The maximum atomic E-state index is 12.4. The first-order valence-corrected chi connectivity index (χ1v) is 8.29. The maximum Gasteiger partial charge on any atom is 0.0917 e. The highest BCUT2D eigenvalue weighted by atomic mass is 79.9. The van der Waals surface area contributed by atoms with Crippen molar-refractivity contribution in [2.75, 3.05) is 11.5 Å². The van der Waals surface area contributed by atoms with Crippen molar-refractivity contribution in [3.63, 3.8) is 0 Å². The van der Waals surface area contributed by atoms with Gasteiger partial charge in [0.25, 0.3) is 0 Å². The van der Waals surface area contributed by atoms with Crippen molar-refractivity contribution in [2.24, 2.45) is 4.36 Å². The Morgan fingerprint density at radius 3 is 2.56 bits per heavy atom. The van der Waals surface area contributed by atoms with Crippen LogP contribution in [0.3, 0.4) is 0 Å². The molecule has 0 atom stereocenters. The maximum absolute atomic E-state index is 12.4. The van der Waals surface area contributed by atoms with Crippen LogP contribution in [0.2, 0.25) is 5.02 Å². The molecule has 0 bridgehead atoms. The van der Waals surface area contributed by atoms with Gasteiger partial charge in [0.05, 0.1) is 20.4 Å². The smallest absolute Gasteiger partial charge is 0.0917 e. The zero-order chi connectivity index (χ0) is 11.6. The molecule has 5 heteroatoms. The lowest BCUT2D eigenvalue weighted by Crippen LogP contribution is -2.15. The van der Waals surface area contributed by atoms with Gasteiger partial charge in [-0.1, -0.05) is 34.0 Å². The van der Waals surface area contributed by atoms with Crippen molar-refractivity contribution in [3.05, 3.63) is 27.7 Å². The Balaban J connectivity index is 2.38. The largest absolute Gasteiger partial charge is 0.249 e. The molecule has 0 saturated carbocycles. The summed E-state index contributed by atoms with van der Waals surface area (Å²) in [7, 11) is -2.05. The minimum atomic E-state index is -2.05. The second-order valence-corrected chi connectivity index (χ2v) is 7.80. The van der Waals surface area contributed by atoms with Crippen molar-refractivity contribution in [1.82, 2.24) is 0 Å². The van der Waals surface area contributed by atoms with Gasteiger partial charge < -0.3 is 0 Å².